The number of hydrogen-bond acceptors (Lipinski definition) is 4. The van der Waals surface area contributed by atoms with Crippen molar-refractivity contribution in [2.75, 3.05) is 0 Å². The molecule has 1 heterocycles. The van der Waals surface area contributed by atoms with Gasteiger partial charge in [0.1, 0.15) is 0 Å². The van der Waals surface area contributed by atoms with Crippen molar-refractivity contribution in [3.8, 4) is 0 Å². The van der Waals surface area contributed by atoms with E-state index < -0.39 is 5.97 Å². The molecule has 2 rings (SSSR count). The Hall–Kier alpha value is -1.59. The van der Waals surface area contributed by atoms with Gasteiger partial charge < -0.3 is 5.11 Å². The standard InChI is InChI=1S/C11H7ClN2O2S/c12-7-3-1-2-4-9(7)17-11-13-6-5-8(14-11)10(15)16/h1-6H,(H,15,16). The van der Waals surface area contributed by atoms with Gasteiger partial charge in [-0.05, 0) is 30.0 Å². The summed E-state index contributed by atoms with van der Waals surface area (Å²) in [6, 6.07) is 8.59. The second-order valence-corrected chi connectivity index (χ2v) is 4.48. The van der Waals surface area contributed by atoms with Gasteiger partial charge in [0.15, 0.2) is 10.9 Å². The Balaban J connectivity index is 2.28. The summed E-state index contributed by atoms with van der Waals surface area (Å²) in [5.41, 5.74) is -0.0328. The number of halogens is 1. The van der Waals surface area contributed by atoms with Crippen LogP contribution in [0, 0.1) is 0 Å². The van der Waals surface area contributed by atoms with Gasteiger partial charge in [0.25, 0.3) is 0 Å². The van der Waals surface area contributed by atoms with E-state index >= 15 is 0 Å². The van der Waals surface area contributed by atoms with Crippen molar-refractivity contribution in [1.82, 2.24) is 9.97 Å². The number of carbonyl (C=O) groups is 1. The molecule has 0 aliphatic rings. The number of nitrogens with zero attached hydrogens (tertiary/aromatic N) is 2. The van der Waals surface area contributed by atoms with Crippen LogP contribution in [0.3, 0.4) is 0 Å². The van der Waals surface area contributed by atoms with Crippen LogP contribution in [0.25, 0.3) is 0 Å². The Morgan fingerprint density at radius 1 is 1.29 bits per heavy atom. The summed E-state index contributed by atoms with van der Waals surface area (Å²) < 4.78 is 0. The molecular formula is C11H7ClN2O2S. The van der Waals surface area contributed by atoms with Crippen molar-refractivity contribution < 1.29 is 9.90 Å². The minimum absolute atomic E-state index is 0.0328. The average Bonchev–Trinajstić information content (AvgIpc) is 2.32. The molecule has 2 aromatic rings. The molecule has 0 amide bonds. The van der Waals surface area contributed by atoms with Crippen LogP contribution in [-0.2, 0) is 0 Å². The zero-order chi connectivity index (χ0) is 12.3. The Labute approximate surface area is 107 Å². The highest BCUT2D eigenvalue weighted by atomic mass is 35.5. The van der Waals surface area contributed by atoms with E-state index in [1.54, 1.807) is 6.07 Å². The maximum atomic E-state index is 10.7. The molecular weight excluding hydrogens is 260 g/mol. The second-order valence-electron chi connectivity index (χ2n) is 3.06. The molecule has 0 aliphatic heterocycles. The lowest BCUT2D eigenvalue weighted by molar-refractivity contribution is 0.0689. The molecule has 1 aromatic heterocycles. The fraction of sp³-hybridized carbons (Fsp3) is 0. The van der Waals surface area contributed by atoms with Gasteiger partial charge in [-0.25, -0.2) is 14.8 Å². The van der Waals surface area contributed by atoms with Crippen molar-refractivity contribution in [3.05, 3.63) is 47.2 Å². The van der Waals surface area contributed by atoms with Crippen molar-refractivity contribution in [1.29, 1.82) is 0 Å². The van der Waals surface area contributed by atoms with Crippen molar-refractivity contribution >= 4 is 29.3 Å². The van der Waals surface area contributed by atoms with E-state index in [2.05, 4.69) is 9.97 Å². The highest BCUT2D eigenvalue weighted by Crippen LogP contribution is 2.30. The zero-order valence-electron chi connectivity index (χ0n) is 8.50. The molecule has 0 fully saturated rings. The van der Waals surface area contributed by atoms with Gasteiger partial charge in [-0.2, -0.15) is 0 Å². The number of aromatic carboxylic acids is 1. The van der Waals surface area contributed by atoms with Gasteiger partial charge in [-0.1, -0.05) is 23.7 Å². The largest absolute Gasteiger partial charge is 0.477 e. The lowest BCUT2D eigenvalue weighted by atomic mass is 10.4. The Kier molecular flexibility index (Phi) is 3.61. The zero-order valence-corrected chi connectivity index (χ0v) is 10.1. The van der Waals surface area contributed by atoms with Gasteiger partial charge in [0.05, 0.1) is 5.02 Å². The molecule has 86 valence electrons. The van der Waals surface area contributed by atoms with E-state index in [9.17, 15) is 4.79 Å². The predicted octanol–water partition coefficient (Wildman–Crippen LogP) is 2.98. The highest BCUT2D eigenvalue weighted by Gasteiger charge is 2.08. The molecule has 0 saturated carbocycles. The first-order valence-corrected chi connectivity index (χ1v) is 5.85. The minimum Gasteiger partial charge on any atom is -0.477 e. The number of rotatable bonds is 3. The van der Waals surface area contributed by atoms with Crippen LogP contribution >= 0.6 is 23.4 Å². The SMILES string of the molecule is O=C(O)c1ccnc(Sc2ccccc2Cl)n1. The van der Waals surface area contributed by atoms with Gasteiger partial charge in [-0.15, -0.1) is 0 Å². The van der Waals surface area contributed by atoms with Crippen LogP contribution < -0.4 is 0 Å². The molecule has 17 heavy (non-hydrogen) atoms. The summed E-state index contributed by atoms with van der Waals surface area (Å²) in [5.74, 6) is -1.08. The smallest absolute Gasteiger partial charge is 0.354 e. The second kappa shape index (κ2) is 5.16. The highest BCUT2D eigenvalue weighted by molar-refractivity contribution is 7.99. The van der Waals surface area contributed by atoms with Gasteiger partial charge in [0.2, 0.25) is 0 Å². The molecule has 0 aliphatic carbocycles. The topological polar surface area (TPSA) is 63.1 Å². The molecule has 0 bridgehead atoms. The Morgan fingerprint density at radius 3 is 2.76 bits per heavy atom. The molecule has 6 heteroatoms. The minimum atomic E-state index is -1.08. The molecule has 1 N–H and O–H groups in total. The van der Waals surface area contributed by atoms with E-state index in [-0.39, 0.29) is 5.69 Å². The Morgan fingerprint density at radius 2 is 2.06 bits per heavy atom. The number of aromatic nitrogens is 2. The quantitative estimate of drug-likeness (QED) is 0.866. The summed E-state index contributed by atoms with van der Waals surface area (Å²) >= 11 is 7.21. The van der Waals surface area contributed by atoms with Crippen LogP contribution in [0.4, 0.5) is 0 Å². The fourth-order valence-electron chi connectivity index (χ4n) is 1.13. The molecule has 0 atom stereocenters. The first-order valence-electron chi connectivity index (χ1n) is 4.65. The summed E-state index contributed by atoms with van der Waals surface area (Å²) in [4.78, 5) is 19.4. The van der Waals surface area contributed by atoms with E-state index in [4.69, 9.17) is 16.7 Å². The molecule has 0 spiro atoms. The summed E-state index contributed by atoms with van der Waals surface area (Å²) in [6.07, 6.45) is 1.41. The third-order valence-corrected chi connectivity index (χ3v) is 3.29. The molecule has 0 saturated heterocycles. The van der Waals surface area contributed by atoms with E-state index in [1.807, 2.05) is 18.2 Å². The average molecular weight is 267 g/mol. The predicted molar refractivity (Wildman–Crippen MR) is 64.6 cm³/mol. The van der Waals surface area contributed by atoms with E-state index in [1.165, 1.54) is 24.0 Å². The van der Waals surface area contributed by atoms with Gasteiger partial charge in [0, 0.05) is 11.1 Å². The van der Waals surface area contributed by atoms with Crippen LogP contribution in [0.5, 0.6) is 0 Å². The molecule has 0 radical (unpaired) electrons. The number of benzene rings is 1. The lowest BCUT2D eigenvalue weighted by Gasteiger charge is -2.02. The summed E-state index contributed by atoms with van der Waals surface area (Å²) in [6.45, 7) is 0. The first-order chi connectivity index (χ1) is 8.16. The maximum absolute atomic E-state index is 10.7. The monoisotopic (exact) mass is 266 g/mol. The lowest BCUT2D eigenvalue weighted by Crippen LogP contribution is -2.01. The van der Waals surface area contributed by atoms with Crippen LogP contribution in [0.15, 0.2) is 46.6 Å². The van der Waals surface area contributed by atoms with E-state index in [0.29, 0.717) is 10.2 Å². The summed E-state index contributed by atoms with van der Waals surface area (Å²) in [5, 5.41) is 9.75. The van der Waals surface area contributed by atoms with E-state index in [0.717, 1.165) is 4.90 Å². The Bertz CT molecular complexity index is 563. The van der Waals surface area contributed by atoms with Crippen molar-refractivity contribution in [2.45, 2.75) is 10.1 Å². The fourth-order valence-corrected chi connectivity index (χ4v) is 2.15. The maximum Gasteiger partial charge on any atom is 0.354 e. The van der Waals surface area contributed by atoms with Crippen LogP contribution in [0.1, 0.15) is 10.5 Å². The van der Waals surface area contributed by atoms with Crippen LogP contribution in [0.2, 0.25) is 5.02 Å². The molecule has 0 unspecified atom stereocenters. The van der Waals surface area contributed by atoms with Crippen molar-refractivity contribution in [2.24, 2.45) is 0 Å². The van der Waals surface area contributed by atoms with Gasteiger partial charge >= 0.3 is 5.97 Å². The summed E-state index contributed by atoms with van der Waals surface area (Å²) in [7, 11) is 0. The van der Waals surface area contributed by atoms with Gasteiger partial charge in [-0.3, -0.25) is 0 Å². The number of carboxylic acid groups (broad SMARTS) is 1. The third kappa shape index (κ3) is 2.95. The molecule has 4 nitrogen and oxygen atoms in total. The normalized spacial score (nSPS) is 10.2. The third-order valence-electron chi connectivity index (χ3n) is 1.89. The number of hydrogen-bond donors (Lipinski definition) is 1. The number of carboxylic acids is 1. The van der Waals surface area contributed by atoms with Crippen LogP contribution in [-0.4, -0.2) is 21.0 Å². The van der Waals surface area contributed by atoms with Crippen molar-refractivity contribution in [3.63, 3.8) is 0 Å². The first kappa shape index (κ1) is 11.9. The molecule has 1 aromatic carbocycles.